The monoisotopic (exact) mass is 220 g/mol. The smallest absolute Gasteiger partial charge is 0.0639 e. The van der Waals surface area contributed by atoms with Crippen LogP contribution in [0.25, 0.3) is 0 Å². The first kappa shape index (κ1) is 11.9. The molecule has 0 aromatic carbocycles. The van der Waals surface area contributed by atoms with E-state index >= 15 is 0 Å². The summed E-state index contributed by atoms with van der Waals surface area (Å²) in [5.41, 5.74) is 2.95. The molecule has 90 valence electrons. The van der Waals surface area contributed by atoms with Crippen molar-refractivity contribution in [3.8, 4) is 0 Å². The molecule has 0 spiro atoms. The zero-order valence-corrected chi connectivity index (χ0v) is 10.6. The van der Waals surface area contributed by atoms with E-state index in [0.29, 0.717) is 5.41 Å². The maximum Gasteiger partial charge on any atom is 0.0639 e. The minimum absolute atomic E-state index is 0.198. The largest absolute Gasteiger partial charge is 0.392 e. The molecule has 1 unspecified atom stereocenters. The van der Waals surface area contributed by atoms with E-state index in [1.54, 1.807) is 0 Å². The van der Waals surface area contributed by atoms with Crippen LogP contribution in [0.15, 0.2) is 23.8 Å². The van der Waals surface area contributed by atoms with Crippen LogP contribution in [-0.2, 0) is 0 Å². The summed E-state index contributed by atoms with van der Waals surface area (Å²) >= 11 is 0. The molecule has 0 aliphatic heterocycles. The third kappa shape index (κ3) is 1.98. The molecule has 3 aliphatic carbocycles. The van der Waals surface area contributed by atoms with Gasteiger partial charge in [0.15, 0.2) is 0 Å². The fraction of sp³-hybridized carbons (Fsp3) is 0.733. The lowest BCUT2D eigenvalue weighted by molar-refractivity contribution is 0.0234. The summed E-state index contributed by atoms with van der Waals surface area (Å²) in [5, 5.41) is 8.96. The topological polar surface area (TPSA) is 20.2 Å². The molecule has 0 aromatic rings. The number of allylic oxidation sites excluding steroid dienone is 2. The van der Waals surface area contributed by atoms with Gasteiger partial charge in [0.25, 0.3) is 0 Å². The lowest BCUT2D eigenvalue weighted by Crippen LogP contribution is -2.44. The molecule has 0 heterocycles. The van der Waals surface area contributed by atoms with Crippen molar-refractivity contribution in [2.24, 2.45) is 17.3 Å². The van der Waals surface area contributed by atoms with Crippen LogP contribution in [0.2, 0.25) is 0 Å². The Bertz CT molecular complexity index is 309. The average Bonchev–Trinajstić information content (AvgIpc) is 2.20. The van der Waals surface area contributed by atoms with Gasteiger partial charge < -0.3 is 5.11 Å². The van der Waals surface area contributed by atoms with Gasteiger partial charge in [0.2, 0.25) is 0 Å². The molecule has 3 saturated carbocycles. The highest BCUT2D eigenvalue weighted by Crippen LogP contribution is 2.59. The van der Waals surface area contributed by atoms with Crippen LogP contribution in [0.3, 0.4) is 0 Å². The van der Waals surface area contributed by atoms with Crippen molar-refractivity contribution in [1.82, 2.24) is 0 Å². The molecule has 2 bridgehead atoms. The van der Waals surface area contributed by atoms with Gasteiger partial charge >= 0.3 is 0 Å². The summed E-state index contributed by atoms with van der Waals surface area (Å²) in [6, 6.07) is 0. The molecule has 1 nitrogen and oxygen atoms in total. The van der Waals surface area contributed by atoms with E-state index in [0.717, 1.165) is 23.8 Å². The number of aliphatic hydroxyl groups is 1. The van der Waals surface area contributed by atoms with E-state index < -0.39 is 0 Å². The second-order valence-electron chi connectivity index (χ2n) is 6.01. The molecule has 0 aromatic heterocycles. The highest BCUT2D eigenvalue weighted by molar-refractivity contribution is 5.20. The Kier molecular flexibility index (Phi) is 3.25. The second kappa shape index (κ2) is 4.37. The Morgan fingerprint density at radius 3 is 2.81 bits per heavy atom. The molecular formula is C15H24O. The van der Waals surface area contributed by atoms with Gasteiger partial charge in [-0.25, -0.2) is 0 Å². The van der Waals surface area contributed by atoms with Crippen molar-refractivity contribution in [3.63, 3.8) is 0 Å². The Balaban J connectivity index is 1.94. The normalized spacial score (nSPS) is 38.4. The first-order chi connectivity index (χ1) is 7.56. The fourth-order valence-corrected chi connectivity index (χ4v) is 3.36. The summed E-state index contributed by atoms with van der Waals surface area (Å²) in [6.07, 6.45) is 8.60. The lowest BCUT2D eigenvalue weighted by Gasteiger charge is -2.55. The summed E-state index contributed by atoms with van der Waals surface area (Å²) < 4.78 is 0. The number of rotatable bonds is 4. The highest BCUT2D eigenvalue weighted by atomic mass is 16.3. The maximum atomic E-state index is 8.96. The molecule has 0 amide bonds. The Morgan fingerprint density at radius 2 is 2.25 bits per heavy atom. The minimum Gasteiger partial charge on any atom is -0.392 e. The van der Waals surface area contributed by atoms with Crippen LogP contribution < -0.4 is 0 Å². The number of aliphatic hydroxyl groups excluding tert-OH is 1. The van der Waals surface area contributed by atoms with E-state index in [9.17, 15) is 0 Å². The van der Waals surface area contributed by atoms with Crippen molar-refractivity contribution in [3.05, 3.63) is 23.8 Å². The first-order valence-electron chi connectivity index (χ1n) is 6.51. The van der Waals surface area contributed by atoms with Crippen LogP contribution >= 0.6 is 0 Å². The van der Waals surface area contributed by atoms with E-state index in [-0.39, 0.29) is 6.61 Å². The molecule has 16 heavy (non-hydrogen) atoms. The van der Waals surface area contributed by atoms with Crippen molar-refractivity contribution in [2.45, 2.75) is 46.0 Å². The Morgan fingerprint density at radius 1 is 1.56 bits per heavy atom. The van der Waals surface area contributed by atoms with E-state index in [4.69, 9.17) is 5.11 Å². The van der Waals surface area contributed by atoms with Crippen molar-refractivity contribution >= 4 is 0 Å². The van der Waals surface area contributed by atoms with Crippen molar-refractivity contribution in [2.75, 3.05) is 6.61 Å². The molecule has 3 rings (SSSR count). The van der Waals surface area contributed by atoms with Crippen LogP contribution in [0.5, 0.6) is 0 Å². The molecular weight excluding hydrogens is 196 g/mol. The molecule has 0 saturated heterocycles. The van der Waals surface area contributed by atoms with Crippen LogP contribution in [0, 0.1) is 17.3 Å². The van der Waals surface area contributed by atoms with E-state index in [1.807, 2.05) is 6.92 Å². The third-order valence-electron chi connectivity index (χ3n) is 4.89. The van der Waals surface area contributed by atoms with Gasteiger partial charge in [0.1, 0.15) is 0 Å². The molecule has 3 aliphatic rings. The Hall–Kier alpha value is -0.560. The molecule has 1 heteroatoms. The van der Waals surface area contributed by atoms with Gasteiger partial charge in [-0.3, -0.25) is 0 Å². The third-order valence-corrected chi connectivity index (χ3v) is 4.89. The number of fused-ring (bicyclic) bond motifs is 2. The van der Waals surface area contributed by atoms with Crippen molar-refractivity contribution in [1.29, 1.82) is 0 Å². The highest BCUT2D eigenvalue weighted by Gasteiger charge is 2.48. The van der Waals surface area contributed by atoms with Gasteiger partial charge in [-0.1, -0.05) is 30.7 Å². The first-order valence-corrected chi connectivity index (χ1v) is 6.51. The summed E-state index contributed by atoms with van der Waals surface area (Å²) in [6.45, 7) is 8.89. The fourth-order valence-electron chi connectivity index (χ4n) is 3.36. The van der Waals surface area contributed by atoms with Crippen LogP contribution in [0.1, 0.15) is 46.0 Å². The van der Waals surface area contributed by atoms with Crippen LogP contribution in [-0.4, -0.2) is 11.7 Å². The van der Waals surface area contributed by atoms with E-state index in [1.165, 1.54) is 31.3 Å². The maximum absolute atomic E-state index is 8.96. The van der Waals surface area contributed by atoms with Crippen molar-refractivity contribution < 1.29 is 5.11 Å². The predicted octanol–water partition coefficient (Wildman–Crippen LogP) is 3.70. The molecule has 3 fully saturated rings. The second-order valence-corrected chi connectivity index (χ2v) is 6.01. The predicted molar refractivity (Wildman–Crippen MR) is 68.2 cm³/mol. The van der Waals surface area contributed by atoms with Crippen LogP contribution in [0.4, 0.5) is 0 Å². The summed E-state index contributed by atoms with van der Waals surface area (Å²) in [7, 11) is 0. The summed E-state index contributed by atoms with van der Waals surface area (Å²) in [4.78, 5) is 0. The van der Waals surface area contributed by atoms with Gasteiger partial charge in [-0.15, -0.1) is 0 Å². The zero-order chi connectivity index (χ0) is 11.8. The number of hydrogen-bond donors (Lipinski definition) is 1. The lowest BCUT2D eigenvalue weighted by atomic mass is 9.50. The quantitative estimate of drug-likeness (QED) is 0.716. The van der Waals surface area contributed by atoms with Gasteiger partial charge in [0, 0.05) is 0 Å². The average molecular weight is 220 g/mol. The van der Waals surface area contributed by atoms with Gasteiger partial charge in [-0.2, -0.15) is 0 Å². The molecule has 1 atom stereocenters. The minimum atomic E-state index is 0.198. The van der Waals surface area contributed by atoms with Gasteiger partial charge in [-0.05, 0) is 56.3 Å². The SMILES string of the molecule is C=C1CC2CC(C2)C1(C)CC/C=C(/C)CO. The standard InChI is InChI=1S/C15H24O/c1-11(10-16)5-4-6-15(3)12(2)7-13-8-14(15)9-13/h5,13-14,16H,2,4,6-10H2,1,3H3/b11-5-. The molecule has 0 radical (unpaired) electrons. The van der Waals surface area contributed by atoms with Gasteiger partial charge in [0.05, 0.1) is 6.61 Å². The summed E-state index contributed by atoms with van der Waals surface area (Å²) in [5.74, 6) is 1.85. The number of hydrogen-bond acceptors (Lipinski definition) is 1. The van der Waals surface area contributed by atoms with E-state index in [2.05, 4.69) is 19.6 Å². The zero-order valence-electron chi connectivity index (χ0n) is 10.6. The Labute approximate surface area is 99.3 Å². The molecule has 1 N–H and O–H groups in total.